The Balaban J connectivity index is 0.000000406. The van der Waals surface area contributed by atoms with Crippen molar-refractivity contribution in [1.82, 2.24) is 20.1 Å². The number of amides is 1. The molecule has 2 aromatic heterocycles. The summed E-state index contributed by atoms with van der Waals surface area (Å²) >= 11 is 0. The fraction of sp³-hybridized carbons (Fsp3) is 0.200. The number of rotatable bonds is 3. The highest BCUT2D eigenvalue weighted by Gasteiger charge is 2.38. The van der Waals surface area contributed by atoms with E-state index in [1.54, 1.807) is 29.1 Å². The number of nitrogens with zero attached hydrogens (tertiary/aromatic N) is 3. The Bertz CT molecular complexity index is 1190. The molecule has 4 rings (SSSR count). The first-order valence-corrected chi connectivity index (χ1v) is 9.32. The Morgan fingerprint density at radius 3 is 2.21 bits per heavy atom. The number of carboxylic acid groups (broad SMARTS) is 1. The fourth-order valence-electron chi connectivity index (χ4n) is 2.85. The van der Waals surface area contributed by atoms with Gasteiger partial charge in [0.1, 0.15) is 11.4 Å². The van der Waals surface area contributed by atoms with Crippen molar-refractivity contribution in [2.24, 2.45) is 0 Å². The van der Waals surface area contributed by atoms with Crippen LogP contribution in [0.1, 0.15) is 10.5 Å². The Labute approximate surface area is 186 Å². The third-order valence-corrected chi connectivity index (χ3v) is 4.30. The van der Waals surface area contributed by atoms with Gasteiger partial charge in [0.2, 0.25) is 0 Å². The molecule has 0 bridgehead atoms. The van der Waals surface area contributed by atoms with Gasteiger partial charge in [0.15, 0.2) is 0 Å². The van der Waals surface area contributed by atoms with Crippen molar-refractivity contribution in [3.63, 3.8) is 0 Å². The molecule has 1 amide bonds. The summed E-state index contributed by atoms with van der Waals surface area (Å²) in [5, 5.41) is 14.3. The zero-order valence-electron chi connectivity index (χ0n) is 16.8. The molecule has 0 aliphatic carbocycles. The second kappa shape index (κ2) is 9.41. The SMILES string of the molecule is O=C(O)C(F)(F)F.O=C1NCCn2nc(-c3ccnc(-c4ccc(OC(F)(F)F)cc4)c3)cc21. The molecular weight excluding hydrogens is 474 g/mol. The van der Waals surface area contributed by atoms with Crippen LogP contribution in [0.5, 0.6) is 5.75 Å². The summed E-state index contributed by atoms with van der Waals surface area (Å²) < 4.78 is 74.0. The Hall–Kier alpha value is -4.10. The van der Waals surface area contributed by atoms with Crippen molar-refractivity contribution in [2.75, 3.05) is 6.54 Å². The van der Waals surface area contributed by atoms with E-state index in [9.17, 15) is 31.1 Å². The highest BCUT2D eigenvalue weighted by atomic mass is 19.4. The topological polar surface area (TPSA) is 106 Å². The van der Waals surface area contributed by atoms with Crippen molar-refractivity contribution in [1.29, 1.82) is 0 Å². The van der Waals surface area contributed by atoms with E-state index in [1.165, 1.54) is 24.3 Å². The molecule has 0 saturated heterocycles. The molecule has 3 heterocycles. The Morgan fingerprint density at radius 2 is 1.65 bits per heavy atom. The van der Waals surface area contributed by atoms with Crippen molar-refractivity contribution >= 4 is 11.9 Å². The monoisotopic (exact) mass is 488 g/mol. The van der Waals surface area contributed by atoms with Crippen molar-refractivity contribution in [3.8, 4) is 28.3 Å². The lowest BCUT2D eigenvalue weighted by atomic mass is 10.1. The highest BCUT2D eigenvalue weighted by Crippen LogP contribution is 2.28. The first kappa shape index (κ1) is 24.5. The van der Waals surface area contributed by atoms with E-state index in [0.29, 0.717) is 35.7 Å². The van der Waals surface area contributed by atoms with Crippen LogP contribution >= 0.6 is 0 Å². The first-order valence-electron chi connectivity index (χ1n) is 9.32. The summed E-state index contributed by atoms with van der Waals surface area (Å²) in [6, 6.07) is 10.7. The zero-order chi connectivity index (χ0) is 25.1. The lowest BCUT2D eigenvalue weighted by Crippen LogP contribution is -2.35. The molecule has 0 unspecified atom stereocenters. The van der Waals surface area contributed by atoms with Crippen molar-refractivity contribution < 1.29 is 45.8 Å². The molecule has 0 atom stereocenters. The van der Waals surface area contributed by atoms with E-state index >= 15 is 0 Å². The number of carboxylic acids is 1. The molecule has 1 aliphatic rings. The molecule has 0 fully saturated rings. The van der Waals surface area contributed by atoms with E-state index in [1.807, 2.05) is 0 Å². The normalized spacial score (nSPS) is 13.3. The number of nitrogens with one attached hydrogen (secondary N) is 1. The van der Waals surface area contributed by atoms with Crippen molar-refractivity contribution in [2.45, 2.75) is 19.1 Å². The van der Waals surface area contributed by atoms with Gasteiger partial charge < -0.3 is 15.2 Å². The molecule has 34 heavy (non-hydrogen) atoms. The summed E-state index contributed by atoms with van der Waals surface area (Å²) in [5.41, 5.74) is 3.07. The van der Waals surface area contributed by atoms with E-state index < -0.39 is 18.5 Å². The van der Waals surface area contributed by atoms with Crippen LogP contribution in [0.3, 0.4) is 0 Å². The van der Waals surface area contributed by atoms with Gasteiger partial charge in [-0.1, -0.05) is 0 Å². The van der Waals surface area contributed by atoms with Crippen LogP contribution in [0, 0.1) is 0 Å². The molecule has 8 nitrogen and oxygen atoms in total. The van der Waals surface area contributed by atoms with E-state index in [2.05, 4.69) is 20.1 Å². The van der Waals surface area contributed by atoms with Crippen LogP contribution in [0.4, 0.5) is 26.3 Å². The second-order valence-electron chi connectivity index (χ2n) is 6.70. The average molecular weight is 488 g/mol. The summed E-state index contributed by atoms with van der Waals surface area (Å²) in [4.78, 5) is 25.0. The lowest BCUT2D eigenvalue weighted by Gasteiger charge is -2.13. The van der Waals surface area contributed by atoms with E-state index in [0.717, 1.165) is 5.56 Å². The number of pyridine rings is 1. The van der Waals surface area contributed by atoms with Gasteiger partial charge in [-0.2, -0.15) is 18.3 Å². The second-order valence-corrected chi connectivity index (χ2v) is 6.70. The molecule has 3 aromatic rings. The maximum absolute atomic E-state index is 12.3. The van der Waals surface area contributed by atoms with Gasteiger partial charge in [-0.15, -0.1) is 13.2 Å². The Kier molecular flexibility index (Phi) is 6.79. The minimum atomic E-state index is -5.08. The standard InChI is InChI=1S/C18H13F3N4O2.C2HF3O2/c19-18(20,21)27-13-3-1-11(2-4-13)14-9-12(5-6-22-14)15-10-16-17(26)23-7-8-25(16)24-15;3-2(4,5)1(6)7/h1-6,9-10H,7-8H2,(H,23,26);(H,6,7). The van der Waals surface area contributed by atoms with Gasteiger partial charge in [-0.3, -0.25) is 14.5 Å². The third kappa shape index (κ3) is 6.24. The molecule has 1 aromatic carbocycles. The first-order chi connectivity index (χ1) is 15.8. The summed E-state index contributed by atoms with van der Waals surface area (Å²) in [5.74, 6) is -3.22. The molecule has 14 heteroatoms. The van der Waals surface area contributed by atoms with E-state index in [-0.39, 0.29) is 11.7 Å². The average Bonchev–Trinajstić information content (AvgIpc) is 3.19. The number of alkyl halides is 6. The maximum Gasteiger partial charge on any atom is 0.573 e. The number of carbonyl (C=O) groups is 2. The van der Waals surface area contributed by atoms with Gasteiger partial charge in [0.05, 0.1) is 17.9 Å². The molecule has 2 N–H and O–H groups in total. The predicted molar refractivity (Wildman–Crippen MR) is 104 cm³/mol. The van der Waals surface area contributed by atoms with Crippen LogP contribution in [-0.4, -0.2) is 50.8 Å². The number of hydrogen-bond donors (Lipinski definition) is 2. The quantitative estimate of drug-likeness (QED) is 0.542. The number of ether oxygens (including phenoxy) is 1. The van der Waals surface area contributed by atoms with Crippen LogP contribution < -0.4 is 10.1 Å². The minimum Gasteiger partial charge on any atom is -0.475 e. The number of carbonyl (C=O) groups excluding carboxylic acids is 1. The van der Waals surface area contributed by atoms with Crippen LogP contribution in [0.15, 0.2) is 48.7 Å². The van der Waals surface area contributed by atoms with Crippen LogP contribution in [0.2, 0.25) is 0 Å². The molecule has 0 radical (unpaired) electrons. The van der Waals surface area contributed by atoms with Crippen molar-refractivity contribution in [3.05, 3.63) is 54.4 Å². The largest absolute Gasteiger partial charge is 0.573 e. The lowest BCUT2D eigenvalue weighted by molar-refractivity contribution is -0.274. The van der Waals surface area contributed by atoms with Gasteiger partial charge in [-0.05, 0) is 42.5 Å². The number of halogens is 6. The smallest absolute Gasteiger partial charge is 0.475 e. The zero-order valence-corrected chi connectivity index (χ0v) is 16.8. The van der Waals surface area contributed by atoms with Gasteiger partial charge >= 0.3 is 18.5 Å². The number of benzene rings is 1. The molecule has 0 spiro atoms. The number of aromatic nitrogens is 3. The molecule has 1 aliphatic heterocycles. The summed E-state index contributed by atoms with van der Waals surface area (Å²) in [6.45, 7) is 1.13. The predicted octanol–water partition coefficient (Wildman–Crippen LogP) is 3.89. The number of fused-ring (bicyclic) bond motifs is 1. The van der Waals surface area contributed by atoms with Crippen LogP contribution in [-0.2, 0) is 11.3 Å². The summed E-state index contributed by atoms with van der Waals surface area (Å²) in [7, 11) is 0. The molecule has 180 valence electrons. The van der Waals surface area contributed by atoms with Gasteiger partial charge in [-0.25, -0.2) is 4.79 Å². The van der Waals surface area contributed by atoms with Crippen LogP contribution in [0.25, 0.3) is 22.5 Å². The third-order valence-electron chi connectivity index (χ3n) is 4.30. The number of hydrogen-bond acceptors (Lipinski definition) is 5. The maximum atomic E-state index is 12.3. The fourth-order valence-corrected chi connectivity index (χ4v) is 2.85. The van der Waals surface area contributed by atoms with Gasteiger partial charge in [0, 0.05) is 23.9 Å². The summed E-state index contributed by atoms with van der Waals surface area (Å²) in [6.07, 6.45) is -8.23. The van der Waals surface area contributed by atoms with Gasteiger partial charge in [0.25, 0.3) is 5.91 Å². The number of aliphatic carboxylic acids is 1. The minimum absolute atomic E-state index is 0.172. The molecule has 0 saturated carbocycles. The van der Waals surface area contributed by atoms with E-state index in [4.69, 9.17) is 9.90 Å². The molecular formula is C20H14F6N4O4. The highest BCUT2D eigenvalue weighted by molar-refractivity contribution is 5.94. The Morgan fingerprint density at radius 1 is 1.00 bits per heavy atom.